The molecule has 6 heteroatoms. The summed E-state index contributed by atoms with van der Waals surface area (Å²) in [7, 11) is 0. The Bertz CT molecular complexity index is 898. The molecule has 4 rings (SSSR count). The van der Waals surface area contributed by atoms with E-state index < -0.39 is 5.79 Å². The van der Waals surface area contributed by atoms with Gasteiger partial charge in [0, 0.05) is 54.9 Å². The van der Waals surface area contributed by atoms with Crippen molar-refractivity contribution < 1.29 is 14.2 Å². The predicted molar refractivity (Wildman–Crippen MR) is 153 cm³/mol. The lowest BCUT2D eigenvalue weighted by atomic mass is 9.98. The molecule has 2 aliphatic rings. The van der Waals surface area contributed by atoms with E-state index in [9.17, 15) is 0 Å². The highest BCUT2D eigenvalue weighted by molar-refractivity contribution is 6.30. The first-order valence-electron chi connectivity index (χ1n) is 13.7. The zero-order valence-corrected chi connectivity index (χ0v) is 24.4. The largest absolute Gasteiger partial charge is 0.491 e. The number of hydrogen-bond donors (Lipinski definition) is 0. The fraction of sp³-hybridized carbons (Fsp3) is 0.600. The number of ether oxygens (including phenoxy) is 3. The molecule has 2 aromatic rings. The summed E-state index contributed by atoms with van der Waals surface area (Å²) in [5.41, 5.74) is 3.36. The van der Waals surface area contributed by atoms with E-state index in [1.807, 2.05) is 52.8 Å². The van der Waals surface area contributed by atoms with Crippen LogP contribution in [0.15, 0.2) is 42.5 Å². The lowest BCUT2D eigenvalue weighted by Gasteiger charge is -2.38. The summed E-state index contributed by atoms with van der Waals surface area (Å²) in [6.45, 7) is 22.0. The first-order chi connectivity index (χ1) is 17.4. The van der Waals surface area contributed by atoms with E-state index in [1.165, 1.54) is 5.69 Å². The molecule has 0 radical (unpaired) electrons. The van der Waals surface area contributed by atoms with Crippen LogP contribution in [0.3, 0.4) is 0 Å². The molecule has 202 valence electrons. The average Bonchev–Trinajstić information content (AvgIpc) is 3.34. The molecular formula is C30H47ClN2O3. The molecule has 2 atom stereocenters. The van der Waals surface area contributed by atoms with Gasteiger partial charge in [0.15, 0.2) is 5.79 Å². The molecule has 0 aromatic heterocycles. The maximum absolute atomic E-state index is 6.37. The zero-order valence-electron chi connectivity index (χ0n) is 23.6. The van der Waals surface area contributed by atoms with Gasteiger partial charge in [0.05, 0.1) is 6.61 Å². The van der Waals surface area contributed by atoms with E-state index in [0.717, 1.165) is 54.5 Å². The number of nitrogens with zero attached hydrogens (tertiary/aromatic N) is 2. The summed E-state index contributed by atoms with van der Waals surface area (Å²) >= 11 is 6.13. The monoisotopic (exact) mass is 518 g/mol. The average molecular weight is 519 g/mol. The molecule has 1 unspecified atom stereocenters. The SMILES string of the molecule is CC.CC.CC[C@]1(c2ccc(Cl)cc2C)OCC(COc2ccc(N3CCN(C(C)C)CC3)cc2)O1. The van der Waals surface area contributed by atoms with Gasteiger partial charge in [0.2, 0.25) is 0 Å². The number of benzene rings is 2. The third kappa shape index (κ3) is 7.61. The van der Waals surface area contributed by atoms with E-state index in [0.29, 0.717) is 19.3 Å². The van der Waals surface area contributed by atoms with E-state index in [-0.39, 0.29) is 6.10 Å². The van der Waals surface area contributed by atoms with Crippen LogP contribution in [0, 0.1) is 6.92 Å². The first-order valence-corrected chi connectivity index (χ1v) is 14.1. The number of hydrogen-bond acceptors (Lipinski definition) is 5. The molecule has 0 N–H and O–H groups in total. The van der Waals surface area contributed by atoms with Crippen LogP contribution in [0.25, 0.3) is 0 Å². The summed E-state index contributed by atoms with van der Waals surface area (Å²) in [6, 6.07) is 14.9. The normalized spacial score (nSPS) is 21.9. The first kappa shape index (κ1) is 30.4. The molecule has 2 saturated heterocycles. The molecule has 0 amide bonds. The van der Waals surface area contributed by atoms with Gasteiger partial charge in [0.25, 0.3) is 0 Å². The van der Waals surface area contributed by atoms with Gasteiger partial charge in [-0.2, -0.15) is 0 Å². The number of aryl methyl sites for hydroxylation is 1. The van der Waals surface area contributed by atoms with Gasteiger partial charge in [-0.15, -0.1) is 0 Å². The van der Waals surface area contributed by atoms with Gasteiger partial charge >= 0.3 is 0 Å². The zero-order chi connectivity index (χ0) is 26.7. The number of anilines is 1. The Hall–Kier alpha value is -1.79. The van der Waals surface area contributed by atoms with Crippen molar-refractivity contribution in [1.29, 1.82) is 0 Å². The molecule has 2 fully saturated rings. The van der Waals surface area contributed by atoms with Crippen LogP contribution in [0.1, 0.15) is 66.0 Å². The van der Waals surface area contributed by atoms with Crippen LogP contribution in [0.4, 0.5) is 5.69 Å². The van der Waals surface area contributed by atoms with Crippen molar-refractivity contribution in [2.24, 2.45) is 0 Å². The fourth-order valence-corrected chi connectivity index (χ4v) is 4.88. The minimum atomic E-state index is -0.731. The Morgan fingerprint density at radius 3 is 2.19 bits per heavy atom. The van der Waals surface area contributed by atoms with Crippen LogP contribution in [0.5, 0.6) is 5.75 Å². The Morgan fingerprint density at radius 2 is 1.64 bits per heavy atom. The standard InChI is InChI=1S/C26H35ClN2O3.2C2H6/c1-5-26(25-11-6-21(27)16-20(25)4)31-18-24(32-26)17-30-23-9-7-22(8-10-23)29-14-12-28(13-15-29)19(2)3;2*1-2/h6-11,16,19,24H,5,12-15,17-18H2,1-4H3;2*1-2H3/t24?,26-;;/m0../s1. The predicted octanol–water partition coefficient (Wildman–Crippen LogP) is 7.29. The number of rotatable bonds is 7. The van der Waals surface area contributed by atoms with Crippen molar-refractivity contribution in [2.45, 2.75) is 79.7 Å². The van der Waals surface area contributed by atoms with Gasteiger partial charge in [-0.25, -0.2) is 0 Å². The molecule has 0 aliphatic carbocycles. The fourth-order valence-electron chi connectivity index (χ4n) is 4.66. The number of piperazine rings is 1. The highest BCUT2D eigenvalue weighted by Gasteiger charge is 2.42. The minimum absolute atomic E-state index is 0.117. The van der Waals surface area contributed by atoms with Crippen molar-refractivity contribution >= 4 is 17.3 Å². The van der Waals surface area contributed by atoms with Crippen LogP contribution in [-0.2, 0) is 15.3 Å². The third-order valence-electron chi connectivity index (χ3n) is 6.61. The topological polar surface area (TPSA) is 34.2 Å². The second-order valence-corrected chi connectivity index (χ2v) is 9.47. The van der Waals surface area contributed by atoms with Crippen molar-refractivity contribution in [1.82, 2.24) is 4.90 Å². The second kappa shape index (κ2) is 14.8. The Kier molecular flexibility index (Phi) is 12.5. The summed E-state index contributed by atoms with van der Waals surface area (Å²) in [5, 5.41) is 0.723. The van der Waals surface area contributed by atoms with E-state index in [2.05, 4.69) is 54.8 Å². The van der Waals surface area contributed by atoms with Crippen LogP contribution in [0.2, 0.25) is 5.02 Å². The third-order valence-corrected chi connectivity index (χ3v) is 6.84. The highest BCUT2D eigenvalue weighted by atomic mass is 35.5. The lowest BCUT2D eigenvalue weighted by molar-refractivity contribution is -0.181. The minimum Gasteiger partial charge on any atom is -0.491 e. The molecular weight excluding hydrogens is 472 g/mol. The summed E-state index contributed by atoms with van der Waals surface area (Å²) in [5.74, 6) is 0.125. The van der Waals surface area contributed by atoms with Gasteiger partial charge in [-0.05, 0) is 62.7 Å². The van der Waals surface area contributed by atoms with Crippen LogP contribution in [-0.4, -0.2) is 56.4 Å². The van der Waals surface area contributed by atoms with Crippen molar-refractivity contribution in [3.8, 4) is 5.75 Å². The maximum atomic E-state index is 6.37. The Balaban J connectivity index is 0.00000109. The Morgan fingerprint density at radius 1 is 1.00 bits per heavy atom. The molecule has 2 aliphatic heterocycles. The molecule has 5 nitrogen and oxygen atoms in total. The molecule has 2 aromatic carbocycles. The maximum Gasteiger partial charge on any atom is 0.195 e. The summed E-state index contributed by atoms with van der Waals surface area (Å²) in [4.78, 5) is 4.97. The van der Waals surface area contributed by atoms with Crippen molar-refractivity contribution in [3.05, 3.63) is 58.6 Å². The van der Waals surface area contributed by atoms with Crippen molar-refractivity contribution in [2.75, 3.05) is 44.3 Å². The Labute approximate surface area is 224 Å². The number of halogens is 1. The molecule has 0 bridgehead atoms. The van der Waals surface area contributed by atoms with Gasteiger partial charge in [-0.3, -0.25) is 4.90 Å². The van der Waals surface area contributed by atoms with E-state index >= 15 is 0 Å². The van der Waals surface area contributed by atoms with E-state index in [4.69, 9.17) is 25.8 Å². The molecule has 0 saturated carbocycles. The van der Waals surface area contributed by atoms with E-state index in [1.54, 1.807) is 0 Å². The highest BCUT2D eigenvalue weighted by Crippen LogP contribution is 2.39. The molecule has 0 spiro atoms. The molecule has 2 heterocycles. The van der Waals surface area contributed by atoms with Crippen LogP contribution < -0.4 is 9.64 Å². The van der Waals surface area contributed by atoms with Gasteiger partial charge in [0.1, 0.15) is 18.5 Å². The van der Waals surface area contributed by atoms with Crippen LogP contribution >= 0.6 is 11.6 Å². The smallest absolute Gasteiger partial charge is 0.195 e. The van der Waals surface area contributed by atoms with Gasteiger partial charge in [-0.1, -0.05) is 52.3 Å². The van der Waals surface area contributed by atoms with Gasteiger partial charge < -0.3 is 19.1 Å². The second-order valence-electron chi connectivity index (χ2n) is 9.04. The summed E-state index contributed by atoms with van der Waals surface area (Å²) in [6.07, 6.45) is 0.610. The lowest BCUT2D eigenvalue weighted by Crippen LogP contribution is -2.48. The summed E-state index contributed by atoms with van der Waals surface area (Å²) < 4.78 is 18.6. The quantitative estimate of drug-likeness (QED) is 0.384. The molecule has 36 heavy (non-hydrogen) atoms. The van der Waals surface area contributed by atoms with Crippen molar-refractivity contribution in [3.63, 3.8) is 0 Å².